The molecule has 0 saturated carbocycles. The maximum absolute atomic E-state index is 10.7. The second-order valence-corrected chi connectivity index (χ2v) is 5.76. The van der Waals surface area contributed by atoms with Crippen LogP contribution in [-0.4, -0.2) is 28.6 Å². The summed E-state index contributed by atoms with van der Waals surface area (Å²) in [5.41, 5.74) is 3.31. The van der Waals surface area contributed by atoms with E-state index in [9.17, 15) is 4.21 Å². The van der Waals surface area contributed by atoms with Crippen LogP contribution in [0.5, 0.6) is 0 Å². The van der Waals surface area contributed by atoms with Crippen molar-refractivity contribution in [2.45, 2.75) is 6.92 Å². The molecular weight excluding hydrogens is 326 g/mol. The van der Waals surface area contributed by atoms with Crippen molar-refractivity contribution in [3.63, 3.8) is 0 Å². The number of allylic oxidation sites excluding steroid dienone is 1. The van der Waals surface area contributed by atoms with Gasteiger partial charge in [0.1, 0.15) is 5.02 Å². The van der Waals surface area contributed by atoms with Crippen LogP contribution in [-0.2, 0) is 11.3 Å². The number of hydrogen-bond acceptors (Lipinski definition) is 3. The van der Waals surface area contributed by atoms with Crippen molar-refractivity contribution in [3.8, 4) is 11.4 Å². The van der Waals surface area contributed by atoms with Gasteiger partial charge in [0.05, 0.1) is 5.69 Å². The zero-order valence-electron chi connectivity index (χ0n) is 11.5. The highest BCUT2D eigenvalue weighted by Crippen LogP contribution is 2.27. The first-order valence-corrected chi connectivity index (χ1v) is 7.72. The molecule has 0 bridgehead atoms. The number of fused-ring (bicyclic) bond motifs is 1. The van der Waals surface area contributed by atoms with Crippen LogP contribution in [0.1, 0.15) is 12.6 Å². The quantitative estimate of drug-likeness (QED) is 0.638. The van der Waals surface area contributed by atoms with Crippen molar-refractivity contribution in [2.24, 2.45) is 0 Å². The van der Waals surface area contributed by atoms with E-state index in [2.05, 4.69) is 26.5 Å². The Morgan fingerprint density at radius 3 is 2.68 bits per heavy atom. The summed E-state index contributed by atoms with van der Waals surface area (Å²) in [6, 6.07) is 6.83. The van der Waals surface area contributed by atoms with E-state index >= 15 is 0 Å². The molecule has 1 atom stereocenters. The molecular formula is C13H12ClN5O2S. The number of H-pyrrole nitrogens is 1. The van der Waals surface area contributed by atoms with Gasteiger partial charge in [-0.15, -0.1) is 5.10 Å². The largest absolute Gasteiger partial charge is 0.289 e. The van der Waals surface area contributed by atoms with Crippen molar-refractivity contribution in [3.05, 3.63) is 41.6 Å². The molecule has 0 fully saturated rings. The maximum Gasteiger partial charge on any atom is 0.259 e. The molecule has 9 heteroatoms. The van der Waals surface area contributed by atoms with E-state index in [4.69, 9.17) is 16.2 Å². The second-order valence-electron chi connectivity index (χ2n) is 4.68. The highest BCUT2D eigenvalue weighted by molar-refractivity contribution is 7.80. The fourth-order valence-electron chi connectivity index (χ4n) is 1.99. The first-order valence-electron chi connectivity index (χ1n) is 6.24. The third kappa shape index (κ3) is 2.63. The molecule has 0 aliphatic heterocycles. The lowest BCUT2D eigenvalue weighted by Gasteiger charge is -2.01. The first kappa shape index (κ1) is 14.8. The van der Waals surface area contributed by atoms with E-state index in [0.717, 1.165) is 11.1 Å². The average molecular weight is 338 g/mol. The summed E-state index contributed by atoms with van der Waals surface area (Å²) in [6.45, 7) is 5.68. The van der Waals surface area contributed by atoms with Crippen molar-refractivity contribution >= 4 is 39.8 Å². The lowest BCUT2D eigenvalue weighted by Crippen LogP contribution is -2.01. The van der Waals surface area contributed by atoms with E-state index in [-0.39, 0.29) is 0 Å². The molecule has 0 radical (unpaired) electrons. The van der Waals surface area contributed by atoms with E-state index < -0.39 is 11.3 Å². The van der Waals surface area contributed by atoms with Gasteiger partial charge in [-0.1, -0.05) is 18.2 Å². The molecule has 0 amide bonds. The van der Waals surface area contributed by atoms with E-state index in [1.807, 2.05) is 6.92 Å². The molecule has 0 spiro atoms. The average Bonchev–Trinajstić information content (AvgIpc) is 2.99. The van der Waals surface area contributed by atoms with Crippen LogP contribution in [0.15, 0.2) is 30.8 Å². The zero-order valence-corrected chi connectivity index (χ0v) is 13.1. The van der Waals surface area contributed by atoms with Gasteiger partial charge in [0.25, 0.3) is 11.3 Å². The van der Waals surface area contributed by atoms with Gasteiger partial charge in [0.15, 0.2) is 11.5 Å². The summed E-state index contributed by atoms with van der Waals surface area (Å²) in [6.07, 6.45) is 0. The summed E-state index contributed by atoms with van der Waals surface area (Å²) in [7, 11) is 0. The van der Waals surface area contributed by atoms with Gasteiger partial charge in [-0.3, -0.25) is 14.4 Å². The van der Waals surface area contributed by atoms with Crippen LogP contribution in [0.4, 0.5) is 5.69 Å². The Morgan fingerprint density at radius 2 is 2.14 bits per heavy atom. The highest BCUT2D eigenvalue weighted by atomic mass is 35.5. The van der Waals surface area contributed by atoms with Crippen molar-refractivity contribution < 1.29 is 8.76 Å². The van der Waals surface area contributed by atoms with Crippen LogP contribution in [0.25, 0.3) is 22.6 Å². The summed E-state index contributed by atoms with van der Waals surface area (Å²) in [5.74, 6) is 0.498. The fraction of sp³-hybridized carbons (Fsp3) is 0.0769. The minimum Gasteiger partial charge on any atom is -0.289 e. The zero-order chi connectivity index (χ0) is 15.9. The Kier molecular flexibility index (Phi) is 3.73. The molecule has 22 heavy (non-hydrogen) atoms. The summed E-state index contributed by atoms with van der Waals surface area (Å²) in [4.78, 5) is 4.39. The third-order valence-electron chi connectivity index (χ3n) is 3.02. The highest BCUT2D eigenvalue weighted by Gasteiger charge is 2.15. The molecule has 3 N–H and O–H groups in total. The van der Waals surface area contributed by atoms with E-state index in [1.165, 1.54) is 4.63 Å². The minimum absolute atomic E-state index is 0.472. The number of hydrogen-bond donors (Lipinski definition) is 3. The number of anilines is 1. The predicted molar refractivity (Wildman–Crippen MR) is 86.9 cm³/mol. The Bertz CT molecular complexity index is 884. The molecule has 1 aromatic carbocycles. The van der Waals surface area contributed by atoms with Crippen molar-refractivity contribution in [2.75, 3.05) is 4.72 Å². The van der Waals surface area contributed by atoms with Gasteiger partial charge in [0, 0.05) is 11.3 Å². The first-order chi connectivity index (χ1) is 10.5. The summed E-state index contributed by atoms with van der Waals surface area (Å²) >= 11 is 4.15. The Balaban J connectivity index is 1.96. The minimum atomic E-state index is -2.10. The van der Waals surface area contributed by atoms with Crippen LogP contribution in [0, 0.1) is 0 Å². The lowest BCUT2D eigenvalue weighted by molar-refractivity contribution is 0.570. The fourth-order valence-corrected chi connectivity index (χ4v) is 2.66. The van der Waals surface area contributed by atoms with Gasteiger partial charge in [-0.25, -0.2) is 9.19 Å². The van der Waals surface area contributed by atoms with Crippen molar-refractivity contribution in [1.82, 2.24) is 19.8 Å². The number of aromatic amines is 1. The monoisotopic (exact) mass is 337 g/mol. The van der Waals surface area contributed by atoms with Gasteiger partial charge in [0.2, 0.25) is 0 Å². The van der Waals surface area contributed by atoms with Gasteiger partial charge < -0.3 is 0 Å². The lowest BCUT2D eigenvalue weighted by atomic mass is 10.2. The van der Waals surface area contributed by atoms with Crippen LogP contribution < -0.4 is 4.72 Å². The Morgan fingerprint density at radius 1 is 1.45 bits per heavy atom. The maximum atomic E-state index is 10.7. The number of aromatic nitrogens is 4. The second kappa shape index (κ2) is 5.56. The van der Waals surface area contributed by atoms with E-state index in [1.54, 1.807) is 24.3 Å². The van der Waals surface area contributed by atoms with Crippen LogP contribution in [0.2, 0.25) is 5.02 Å². The molecule has 0 saturated heterocycles. The predicted octanol–water partition coefficient (Wildman–Crippen LogP) is 2.96. The molecule has 114 valence electrons. The molecule has 3 rings (SSSR count). The Hall–Kier alpha value is -2.16. The molecule has 7 nitrogen and oxygen atoms in total. The molecule has 0 aliphatic carbocycles. The normalized spacial score (nSPS) is 12.5. The van der Waals surface area contributed by atoms with Crippen LogP contribution in [0.3, 0.4) is 0 Å². The molecule has 0 aliphatic rings. The summed E-state index contributed by atoms with van der Waals surface area (Å²) < 4.78 is 23.3. The van der Waals surface area contributed by atoms with Crippen molar-refractivity contribution in [1.29, 1.82) is 0 Å². The standard InChI is InChI=1S/C13H12ClN5O2S/c1-7(2)11-10(14)13-15-12(17-19(13)16-11)8-3-5-9(6-4-8)18-22(20)21/h3-6,16,18H,1H2,2H3,(H,20,21). The molecule has 2 aromatic heterocycles. The summed E-state index contributed by atoms with van der Waals surface area (Å²) in [5, 5.41) is 7.82. The molecule has 1 unspecified atom stereocenters. The number of benzene rings is 1. The topological polar surface area (TPSA) is 95.3 Å². The van der Waals surface area contributed by atoms with Gasteiger partial charge in [-0.2, -0.15) is 4.63 Å². The third-order valence-corrected chi connectivity index (χ3v) is 3.78. The molecule has 2 heterocycles. The SMILES string of the molecule is C=C(C)c1[nH]n2nc(-c3ccc(NS(=O)O)cc3)nc2c1Cl. The number of rotatable bonds is 4. The number of nitrogens with zero attached hydrogens (tertiary/aromatic N) is 3. The van der Waals surface area contributed by atoms with Gasteiger partial charge in [-0.05, 0) is 36.8 Å². The number of halogens is 1. The van der Waals surface area contributed by atoms with Crippen LogP contribution >= 0.6 is 11.6 Å². The van der Waals surface area contributed by atoms with E-state index in [0.29, 0.717) is 27.9 Å². The number of nitrogens with one attached hydrogen (secondary N) is 2. The Labute approximate surface area is 133 Å². The smallest absolute Gasteiger partial charge is 0.259 e. The molecule has 3 aromatic rings. The van der Waals surface area contributed by atoms with Gasteiger partial charge >= 0.3 is 0 Å².